The average molecular weight is 258 g/mol. The molecule has 2 rings (SSSR count). The van der Waals surface area contributed by atoms with Crippen LogP contribution in [-0.4, -0.2) is 12.1 Å². The summed E-state index contributed by atoms with van der Waals surface area (Å²) in [6.45, 7) is 8.03. The zero-order valence-electron chi connectivity index (χ0n) is 12.1. The Hall–Kier alpha value is -1.57. The standard InChI is InChI=1S/C17H22O2/c1-12(2)19-16(18)15-14(17(15,3)4)11-10-13-8-6-5-7-9-13/h5-12,14-15H,1-4H3/b11-10+. The molecule has 19 heavy (non-hydrogen) atoms. The van der Waals surface area contributed by atoms with Crippen LogP contribution in [0.5, 0.6) is 0 Å². The molecule has 1 saturated carbocycles. The Morgan fingerprint density at radius 1 is 1.26 bits per heavy atom. The maximum Gasteiger partial charge on any atom is 0.310 e. The van der Waals surface area contributed by atoms with Crippen molar-refractivity contribution in [2.75, 3.05) is 0 Å². The van der Waals surface area contributed by atoms with Gasteiger partial charge in [0.25, 0.3) is 0 Å². The van der Waals surface area contributed by atoms with Crippen molar-refractivity contribution in [3.05, 3.63) is 42.0 Å². The van der Waals surface area contributed by atoms with Gasteiger partial charge >= 0.3 is 5.97 Å². The molecule has 0 heterocycles. The van der Waals surface area contributed by atoms with Crippen LogP contribution < -0.4 is 0 Å². The summed E-state index contributed by atoms with van der Waals surface area (Å²) in [5.74, 6) is 0.205. The molecule has 0 spiro atoms. The lowest BCUT2D eigenvalue weighted by atomic mass is 10.1. The lowest BCUT2D eigenvalue weighted by Crippen LogP contribution is -2.15. The summed E-state index contributed by atoms with van der Waals surface area (Å²) >= 11 is 0. The topological polar surface area (TPSA) is 26.3 Å². The number of rotatable bonds is 4. The molecule has 0 saturated heterocycles. The molecule has 0 aromatic heterocycles. The van der Waals surface area contributed by atoms with Crippen LogP contribution in [-0.2, 0) is 9.53 Å². The van der Waals surface area contributed by atoms with E-state index < -0.39 is 0 Å². The summed E-state index contributed by atoms with van der Waals surface area (Å²) in [6.07, 6.45) is 4.19. The Bertz CT molecular complexity index is 471. The molecule has 2 atom stereocenters. The van der Waals surface area contributed by atoms with Crippen LogP contribution in [0, 0.1) is 17.3 Å². The third-order valence-corrected chi connectivity index (χ3v) is 3.81. The Balaban J connectivity index is 2.02. The van der Waals surface area contributed by atoms with Crippen LogP contribution in [0.2, 0.25) is 0 Å². The Morgan fingerprint density at radius 2 is 1.89 bits per heavy atom. The van der Waals surface area contributed by atoms with E-state index in [1.54, 1.807) is 0 Å². The maximum atomic E-state index is 12.0. The predicted octanol–water partition coefficient (Wildman–Crippen LogP) is 3.92. The molecular formula is C17H22O2. The van der Waals surface area contributed by atoms with Crippen LogP contribution in [0.4, 0.5) is 0 Å². The fourth-order valence-corrected chi connectivity index (χ4v) is 2.57. The number of ether oxygens (including phenoxy) is 1. The molecule has 0 N–H and O–H groups in total. The summed E-state index contributed by atoms with van der Waals surface area (Å²) in [4.78, 5) is 12.0. The molecule has 102 valence electrons. The number of benzene rings is 1. The van der Waals surface area contributed by atoms with E-state index in [2.05, 4.69) is 38.1 Å². The number of allylic oxidation sites excluding steroid dienone is 1. The smallest absolute Gasteiger partial charge is 0.310 e. The molecule has 0 amide bonds. The van der Waals surface area contributed by atoms with Gasteiger partial charge in [0.2, 0.25) is 0 Å². The van der Waals surface area contributed by atoms with Gasteiger partial charge in [-0.3, -0.25) is 4.79 Å². The van der Waals surface area contributed by atoms with E-state index in [1.807, 2.05) is 32.0 Å². The number of hydrogen-bond donors (Lipinski definition) is 0. The van der Waals surface area contributed by atoms with Crippen molar-refractivity contribution in [3.8, 4) is 0 Å². The predicted molar refractivity (Wildman–Crippen MR) is 77.5 cm³/mol. The first-order valence-corrected chi connectivity index (χ1v) is 6.86. The van der Waals surface area contributed by atoms with E-state index in [1.165, 1.54) is 5.56 Å². The summed E-state index contributed by atoms with van der Waals surface area (Å²) < 4.78 is 5.32. The molecule has 2 heteroatoms. The van der Waals surface area contributed by atoms with Gasteiger partial charge in [-0.15, -0.1) is 0 Å². The molecule has 1 aliphatic rings. The highest BCUT2D eigenvalue weighted by molar-refractivity contribution is 5.78. The summed E-state index contributed by atoms with van der Waals surface area (Å²) in [5, 5.41) is 0. The molecule has 1 fully saturated rings. The normalized spacial score (nSPS) is 24.7. The van der Waals surface area contributed by atoms with Crippen molar-refractivity contribution in [1.82, 2.24) is 0 Å². The molecule has 1 aromatic rings. The first kappa shape index (κ1) is 13.9. The minimum Gasteiger partial charge on any atom is -0.463 e. The summed E-state index contributed by atoms with van der Waals surface area (Å²) in [7, 11) is 0. The maximum absolute atomic E-state index is 12.0. The van der Waals surface area contributed by atoms with Crippen molar-refractivity contribution in [3.63, 3.8) is 0 Å². The lowest BCUT2D eigenvalue weighted by Gasteiger charge is -2.08. The van der Waals surface area contributed by atoms with Gasteiger partial charge in [0.15, 0.2) is 0 Å². The van der Waals surface area contributed by atoms with Gasteiger partial charge in [0.05, 0.1) is 12.0 Å². The van der Waals surface area contributed by atoms with Crippen LogP contribution >= 0.6 is 0 Å². The van der Waals surface area contributed by atoms with E-state index in [0.29, 0.717) is 0 Å². The molecule has 2 nitrogen and oxygen atoms in total. The Kier molecular flexibility index (Phi) is 3.79. The fraction of sp³-hybridized carbons (Fsp3) is 0.471. The van der Waals surface area contributed by atoms with Crippen molar-refractivity contribution in [2.45, 2.75) is 33.8 Å². The molecule has 1 aliphatic carbocycles. The van der Waals surface area contributed by atoms with E-state index in [9.17, 15) is 4.79 Å². The van der Waals surface area contributed by atoms with Crippen molar-refractivity contribution >= 4 is 12.0 Å². The van der Waals surface area contributed by atoms with Crippen LogP contribution in [0.3, 0.4) is 0 Å². The van der Waals surface area contributed by atoms with Crippen molar-refractivity contribution < 1.29 is 9.53 Å². The summed E-state index contributed by atoms with van der Waals surface area (Å²) in [5.41, 5.74) is 1.18. The minimum atomic E-state index is -0.0669. The SMILES string of the molecule is CC(C)OC(=O)C1C(/C=C/c2ccccc2)C1(C)C. The third-order valence-electron chi connectivity index (χ3n) is 3.81. The summed E-state index contributed by atoms with van der Waals surface area (Å²) in [6, 6.07) is 10.2. The first-order chi connectivity index (χ1) is 8.93. The number of esters is 1. The Labute approximate surface area is 115 Å². The number of hydrogen-bond acceptors (Lipinski definition) is 2. The van der Waals surface area contributed by atoms with E-state index >= 15 is 0 Å². The van der Waals surface area contributed by atoms with Crippen LogP contribution in [0.1, 0.15) is 33.3 Å². The minimum absolute atomic E-state index is 0.00476. The largest absolute Gasteiger partial charge is 0.463 e. The highest BCUT2D eigenvalue weighted by atomic mass is 16.5. The van der Waals surface area contributed by atoms with Gasteiger partial charge in [-0.2, -0.15) is 0 Å². The second-order valence-electron chi connectivity index (χ2n) is 6.08. The van der Waals surface area contributed by atoms with Crippen LogP contribution in [0.25, 0.3) is 6.08 Å². The molecule has 0 aliphatic heterocycles. The second kappa shape index (κ2) is 5.20. The molecule has 0 bridgehead atoms. The first-order valence-electron chi connectivity index (χ1n) is 6.86. The number of carbonyl (C=O) groups is 1. The van der Waals surface area contributed by atoms with Crippen molar-refractivity contribution in [1.29, 1.82) is 0 Å². The lowest BCUT2D eigenvalue weighted by molar-refractivity contribution is -0.150. The van der Waals surface area contributed by atoms with Gasteiger partial charge in [-0.1, -0.05) is 56.3 Å². The van der Waals surface area contributed by atoms with E-state index in [4.69, 9.17) is 4.74 Å². The van der Waals surface area contributed by atoms with Crippen molar-refractivity contribution in [2.24, 2.45) is 17.3 Å². The van der Waals surface area contributed by atoms with Gasteiger partial charge in [0, 0.05) is 0 Å². The van der Waals surface area contributed by atoms with E-state index in [0.717, 1.165) is 0 Å². The fourth-order valence-electron chi connectivity index (χ4n) is 2.57. The van der Waals surface area contributed by atoms with Crippen LogP contribution in [0.15, 0.2) is 36.4 Å². The molecule has 2 unspecified atom stereocenters. The van der Waals surface area contributed by atoms with E-state index in [-0.39, 0.29) is 29.3 Å². The molecular weight excluding hydrogens is 236 g/mol. The zero-order valence-corrected chi connectivity index (χ0v) is 12.1. The van der Waals surface area contributed by atoms with Gasteiger partial charge in [-0.25, -0.2) is 0 Å². The second-order valence-corrected chi connectivity index (χ2v) is 6.08. The van der Waals surface area contributed by atoms with Gasteiger partial charge < -0.3 is 4.74 Å². The zero-order chi connectivity index (χ0) is 14.0. The molecule has 0 radical (unpaired) electrons. The molecule has 1 aromatic carbocycles. The quantitative estimate of drug-likeness (QED) is 0.765. The third kappa shape index (κ3) is 3.06. The monoisotopic (exact) mass is 258 g/mol. The van der Waals surface area contributed by atoms with Gasteiger partial charge in [0.1, 0.15) is 0 Å². The highest BCUT2D eigenvalue weighted by Crippen LogP contribution is 2.59. The van der Waals surface area contributed by atoms with Gasteiger partial charge in [-0.05, 0) is 30.7 Å². The Morgan fingerprint density at radius 3 is 2.47 bits per heavy atom. The average Bonchev–Trinajstić information content (AvgIpc) is 2.89. The number of carbonyl (C=O) groups excluding carboxylic acids is 1. The highest BCUT2D eigenvalue weighted by Gasteiger charge is 2.61.